The molecule has 0 radical (unpaired) electrons. The minimum Gasteiger partial charge on any atom is -0.298 e. The van der Waals surface area contributed by atoms with Crippen LogP contribution in [0.25, 0.3) is 0 Å². The smallest absolute Gasteiger partial charge is 0.151 e. The summed E-state index contributed by atoms with van der Waals surface area (Å²) in [5, 5.41) is 1.05. The predicted molar refractivity (Wildman–Crippen MR) is 62.9 cm³/mol. The van der Waals surface area contributed by atoms with Gasteiger partial charge in [0.25, 0.3) is 0 Å². The molecule has 1 aromatic rings. The molecule has 0 aromatic heterocycles. The number of rotatable bonds is 4. The van der Waals surface area contributed by atoms with Crippen LogP contribution in [0.5, 0.6) is 0 Å². The number of hydrogen-bond donors (Lipinski definition) is 0. The van der Waals surface area contributed by atoms with E-state index >= 15 is 0 Å². The monoisotopic (exact) mass is 248 g/mol. The van der Waals surface area contributed by atoms with E-state index in [-0.39, 0.29) is 0 Å². The number of aldehydes is 1. The number of hydrogen-bond acceptors (Lipinski definition) is 2. The molecule has 0 bridgehead atoms. The van der Waals surface area contributed by atoms with Gasteiger partial charge in [0.1, 0.15) is 0 Å². The molecule has 0 saturated carbocycles. The highest BCUT2D eigenvalue weighted by Crippen LogP contribution is 2.33. The van der Waals surface area contributed by atoms with E-state index in [2.05, 4.69) is 6.92 Å². The van der Waals surface area contributed by atoms with Crippen LogP contribution in [0.3, 0.4) is 0 Å². The summed E-state index contributed by atoms with van der Waals surface area (Å²) in [7, 11) is 0. The molecule has 76 valence electrons. The molecule has 0 spiro atoms. The fourth-order valence-electron chi connectivity index (χ4n) is 1.02. The molecule has 0 saturated heterocycles. The molecule has 0 aliphatic heterocycles. The van der Waals surface area contributed by atoms with Crippen LogP contribution in [0.2, 0.25) is 10.0 Å². The third-order valence-corrected chi connectivity index (χ3v) is 3.60. The molecule has 0 unspecified atom stereocenters. The molecule has 14 heavy (non-hydrogen) atoms. The van der Waals surface area contributed by atoms with Gasteiger partial charge < -0.3 is 0 Å². The van der Waals surface area contributed by atoms with Gasteiger partial charge in [0, 0.05) is 15.5 Å². The van der Waals surface area contributed by atoms with Gasteiger partial charge in [-0.05, 0) is 24.3 Å². The molecule has 0 aliphatic carbocycles. The topological polar surface area (TPSA) is 17.1 Å². The normalized spacial score (nSPS) is 10.2. The van der Waals surface area contributed by atoms with Crippen LogP contribution < -0.4 is 0 Å². The predicted octanol–water partition coefficient (Wildman–Crippen LogP) is 4.31. The molecule has 1 aromatic carbocycles. The zero-order valence-electron chi connectivity index (χ0n) is 7.72. The quantitative estimate of drug-likeness (QED) is 0.584. The summed E-state index contributed by atoms with van der Waals surface area (Å²) >= 11 is 13.4. The van der Waals surface area contributed by atoms with Gasteiger partial charge in [0.2, 0.25) is 0 Å². The first-order valence-corrected chi connectivity index (χ1v) is 6.00. The maximum absolute atomic E-state index is 10.8. The first kappa shape index (κ1) is 11.9. The number of thioether (sulfide) groups is 1. The molecule has 4 heteroatoms. The van der Waals surface area contributed by atoms with Crippen LogP contribution in [-0.2, 0) is 0 Å². The molecule has 1 rings (SSSR count). The van der Waals surface area contributed by atoms with Gasteiger partial charge >= 0.3 is 0 Å². The highest BCUT2D eigenvalue weighted by atomic mass is 35.5. The van der Waals surface area contributed by atoms with Crippen molar-refractivity contribution in [1.29, 1.82) is 0 Å². The molecule has 0 heterocycles. The van der Waals surface area contributed by atoms with E-state index in [1.54, 1.807) is 23.9 Å². The summed E-state index contributed by atoms with van der Waals surface area (Å²) in [5.74, 6) is 0.947. The maximum Gasteiger partial charge on any atom is 0.151 e. The number of benzene rings is 1. The van der Waals surface area contributed by atoms with Crippen molar-refractivity contribution in [3.8, 4) is 0 Å². The highest BCUT2D eigenvalue weighted by Gasteiger charge is 2.08. The van der Waals surface area contributed by atoms with Gasteiger partial charge in [-0.2, -0.15) is 0 Å². The largest absolute Gasteiger partial charge is 0.298 e. The first-order chi connectivity index (χ1) is 6.69. The van der Waals surface area contributed by atoms with E-state index in [1.165, 1.54) is 0 Å². The Bertz CT molecular complexity index is 339. The van der Waals surface area contributed by atoms with Crippen molar-refractivity contribution in [3.05, 3.63) is 27.7 Å². The molecule has 0 atom stereocenters. The minimum atomic E-state index is 0.498. The van der Waals surface area contributed by atoms with Crippen LogP contribution in [-0.4, -0.2) is 12.0 Å². The molecule has 0 fully saturated rings. The lowest BCUT2D eigenvalue weighted by Crippen LogP contribution is -1.88. The summed E-state index contributed by atoms with van der Waals surface area (Å²) in [5.41, 5.74) is 0.570. The van der Waals surface area contributed by atoms with Gasteiger partial charge in [0.15, 0.2) is 6.29 Å². The Labute approximate surface area is 97.8 Å². The maximum atomic E-state index is 10.8. The number of carbonyl (C=O) groups is 1. The Morgan fingerprint density at radius 2 is 2.14 bits per heavy atom. The number of halogens is 2. The lowest BCUT2D eigenvalue weighted by molar-refractivity contribution is 0.112. The average molecular weight is 249 g/mol. The van der Waals surface area contributed by atoms with Crippen LogP contribution in [0, 0.1) is 0 Å². The van der Waals surface area contributed by atoms with Crippen molar-refractivity contribution in [2.45, 2.75) is 18.2 Å². The van der Waals surface area contributed by atoms with Crippen molar-refractivity contribution >= 4 is 41.2 Å². The van der Waals surface area contributed by atoms with Crippen LogP contribution >= 0.6 is 35.0 Å². The van der Waals surface area contributed by atoms with Gasteiger partial charge in [-0.25, -0.2) is 0 Å². The Hall–Kier alpha value is -0.180. The average Bonchev–Trinajstić information content (AvgIpc) is 2.15. The minimum absolute atomic E-state index is 0.498. The van der Waals surface area contributed by atoms with Crippen molar-refractivity contribution in [1.82, 2.24) is 0 Å². The standard InChI is InChI=1S/C10H10Cl2OS/c1-2-3-14-10-7(6-13)4-8(11)5-9(10)12/h4-6H,2-3H2,1H3. The van der Waals surface area contributed by atoms with E-state index in [0.717, 1.165) is 23.4 Å². The summed E-state index contributed by atoms with van der Waals surface area (Å²) in [6.07, 6.45) is 1.83. The third-order valence-electron chi connectivity index (χ3n) is 1.61. The van der Waals surface area contributed by atoms with E-state index in [0.29, 0.717) is 15.6 Å². The van der Waals surface area contributed by atoms with E-state index < -0.39 is 0 Å². The fraction of sp³-hybridized carbons (Fsp3) is 0.300. The summed E-state index contributed by atoms with van der Waals surface area (Å²) < 4.78 is 0. The van der Waals surface area contributed by atoms with Gasteiger partial charge in [-0.3, -0.25) is 4.79 Å². The van der Waals surface area contributed by atoms with Crippen LogP contribution in [0.1, 0.15) is 23.7 Å². The molecule has 0 aliphatic rings. The Balaban J connectivity index is 3.05. The fourth-order valence-corrected chi connectivity index (χ4v) is 2.58. The van der Waals surface area contributed by atoms with Crippen molar-refractivity contribution in [2.75, 3.05) is 5.75 Å². The van der Waals surface area contributed by atoms with Crippen molar-refractivity contribution < 1.29 is 4.79 Å². The molecule has 0 N–H and O–H groups in total. The molecular weight excluding hydrogens is 239 g/mol. The Morgan fingerprint density at radius 1 is 1.43 bits per heavy atom. The van der Waals surface area contributed by atoms with Crippen LogP contribution in [0.15, 0.2) is 17.0 Å². The lowest BCUT2D eigenvalue weighted by atomic mass is 10.2. The molecule has 0 amide bonds. The Kier molecular flexibility index (Phi) is 4.79. The summed E-state index contributed by atoms with van der Waals surface area (Å²) in [6.45, 7) is 2.08. The molecule has 1 nitrogen and oxygen atoms in total. The van der Waals surface area contributed by atoms with Crippen molar-refractivity contribution in [3.63, 3.8) is 0 Å². The third kappa shape index (κ3) is 2.91. The van der Waals surface area contributed by atoms with Gasteiger partial charge in [-0.1, -0.05) is 30.1 Å². The summed E-state index contributed by atoms with van der Waals surface area (Å²) in [4.78, 5) is 11.6. The van der Waals surface area contributed by atoms with Gasteiger partial charge in [0.05, 0.1) is 5.02 Å². The Morgan fingerprint density at radius 3 is 2.71 bits per heavy atom. The zero-order chi connectivity index (χ0) is 10.6. The van der Waals surface area contributed by atoms with E-state index in [4.69, 9.17) is 23.2 Å². The summed E-state index contributed by atoms with van der Waals surface area (Å²) in [6, 6.07) is 3.30. The first-order valence-electron chi connectivity index (χ1n) is 4.26. The molecular formula is C10H10Cl2OS. The second kappa shape index (κ2) is 5.64. The van der Waals surface area contributed by atoms with Gasteiger partial charge in [-0.15, -0.1) is 11.8 Å². The second-order valence-electron chi connectivity index (χ2n) is 2.77. The lowest BCUT2D eigenvalue weighted by Gasteiger charge is -2.06. The number of carbonyl (C=O) groups excluding carboxylic acids is 1. The zero-order valence-corrected chi connectivity index (χ0v) is 10.0. The highest BCUT2D eigenvalue weighted by molar-refractivity contribution is 7.99. The van der Waals surface area contributed by atoms with E-state index in [9.17, 15) is 4.79 Å². The van der Waals surface area contributed by atoms with E-state index in [1.807, 2.05) is 0 Å². The SMILES string of the molecule is CCCSc1c(Cl)cc(Cl)cc1C=O. The van der Waals surface area contributed by atoms with Crippen molar-refractivity contribution in [2.24, 2.45) is 0 Å². The van der Waals surface area contributed by atoms with Crippen LogP contribution in [0.4, 0.5) is 0 Å². The second-order valence-corrected chi connectivity index (χ2v) is 4.72.